The second-order valence-electron chi connectivity index (χ2n) is 4.48. The molecule has 3 nitrogen and oxygen atoms in total. The van der Waals surface area contributed by atoms with Crippen molar-refractivity contribution in [3.63, 3.8) is 0 Å². The maximum atomic E-state index is 11.9. The molecule has 0 radical (unpaired) electrons. The first-order valence-corrected chi connectivity index (χ1v) is 6.54. The molecule has 0 bridgehead atoms. The van der Waals surface area contributed by atoms with E-state index < -0.39 is 13.0 Å². The highest BCUT2D eigenvalue weighted by molar-refractivity contribution is 5.85. The van der Waals surface area contributed by atoms with E-state index in [1.165, 1.54) is 0 Å². The number of hydrogen-bond donors (Lipinski definition) is 1. The average molecular weight is 287 g/mol. The van der Waals surface area contributed by atoms with E-state index in [0.717, 1.165) is 45.4 Å². The number of alkyl halides is 2. The number of halogens is 3. The molecule has 1 N–H and O–H groups in total. The van der Waals surface area contributed by atoms with E-state index in [9.17, 15) is 8.78 Å². The predicted octanol–water partition coefficient (Wildman–Crippen LogP) is 2.15. The summed E-state index contributed by atoms with van der Waals surface area (Å²) in [7, 11) is 0. The van der Waals surface area contributed by atoms with Gasteiger partial charge in [-0.3, -0.25) is 4.90 Å². The van der Waals surface area contributed by atoms with Gasteiger partial charge in [-0.25, -0.2) is 8.78 Å². The number of nitrogens with one attached hydrogen (secondary N) is 1. The van der Waals surface area contributed by atoms with Crippen LogP contribution < -0.4 is 5.32 Å². The van der Waals surface area contributed by atoms with Crippen LogP contribution in [-0.4, -0.2) is 56.8 Å². The second-order valence-corrected chi connectivity index (χ2v) is 4.48. The van der Waals surface area contributed by atoms with Crippen LogP contribution in [0.1, 0.15) is 26.2 Å². The van der Waals surface area contributed by atoms with Crippen LogP contribution in [0.2, 0.25) is 0 Å². The monoisotopic (exact) mass is 286 g/mol. The van der Waals surface area contributed by atoms with Gasteiger partial charge in [0, 0.05) is 12.6 Å². The summed E-state index contributed by atoms with van der Waals surface area (Å²) in [6.45, 7) is 6.04. The number of ether oxygens (including phenoxy) is 1. The van der Waals surface area contributed by atoms with Gasteiger partial charge in [-0.1, -0.05) is 6.92 Å². The Hall–Kier alpha value is 0.0300. The Bertz CT molecular complexity index is 193. The Labute approximate surface area is 115 Å². The second kappa shape index (κ2) is 10.9. The van der Waals surface area contributed by atoms with Crippen molar-refractivity contribution in [1.29, 1.82) is 0 Å². The summed E-state index contributed by atoms with van der Waals surface area (Å²) in [6.07, 6.45) is 1.04. The van der Waals surface area contributed by atoms with Crippen molar-refractivity contribution in [2.45, 2.75) is 38.7 Å². The Balaban J connectivity index is 0.00000289. The molecule has 1 aliphatic heterocycles. The number of rotatable bonds is 8. The molecule has 1 saturated heterocycles. The van der Waals surface area contributed by atoms with Gasteiger partial charge in [0.25, 0.3) is 6.43 Å². The topological polar surface area (TPSA) is 24.5 Å². The van der Waals surface area contributed by atoms with Gasteiger partial charge in [0.15, 0.2) is 0 Å². The lowest BCUT2D eigenvalue weighted by Gasteiger charge is -2.34. The lowest BCUT2D eigenvalue weighted by Crippen LogP contribution is -2.44. The molecule has 1 rings (SSSR count). The first-order chi connectivity index (χ1) is 8.24. The standard InChI is InChI=1S/C12H24F2N2O.ClH/c1-2-7-16(8-9-17-10-12(13)14)11-3-5-15-6-4-11;/h11-12,15H,2-10H2,1H3;1H. The first kappa shape index (κ1) is 18.0. The van der Waals surface area contributed by atoms with Crippen LogP contribution in [0.25, 0.3) is 0 Å². The molecular weight excluding hydrogens is 262 g/mol. The van der Waals surface area contributed by atoms with Crippen LogP contribution in [-0.2, 0) is 4.74 Å². The Morgan fingerprint density at radius 1 is 1.28 bits per heavy atom. The van der Waals surface area contributed by atoms with Gasteiger partial charge in [0.05, 0.1) is 6.61 Å². The quantitative estimate of drug-likeness (QED) is 0.692. The highest BCUT2D eigenvalue weighted by atomic mass is 35.5. The lowest BCUT2D eigenvalue weighted by atomic mass is 10.0. The zero-order chi connectivity index (χ0) is 12.5. The largest absolute Gasteiger partial charge is 0.374 e. The molecule has 0 aromatic carbocycles. The van der Waals surface area contributed by atoms with E-state index in [4.69, 9.17) is 4.74 Å². The first-order valence-electron chi connectivity index (χ1n) is 6.54. The van der Waals surface area contributed by atoms with Crippen LogP contribution in [0, 0.1) is 0 Å². The molecule has 0 aromatic heterocycles. The van der Waals surface area contributed by atoms with Crippen LogP contribution >= 0.6 is 12.4 Å². The molecule has 0 spiro atoms. The number of nitrogens with zero attached hydrogens (tertiary/aromatic N) is 1. The molecule has 0 aliphatic carbocycles. The minimum atomic E-state index is -2.35. The van der Waals surface area contributed by atoms with Crippen molar-refractivity contribution in [1.82, 2.24) is 10.2 Å². The SMILES string of the molecule is CCCN(CCOCC(F)F)C1CCNCC1.Cl. The third-order valence-corrected chi connectivity index (χ3v) is 3.10. The van der Waals surface area contributed by atoms with Gasteiger partial charge >= 0.3 is 0 Å². The Morgan fingerprint density at radius 3 is 2.50 bits per heavy atom. The summed E-state index contributed by atoms with van der Waals surface area (Å²) >= 11 is 0. The van der Waals surface area contributed by atoms with Crippen molar-refractivity contribution < 1.29 is 13.5 Å². The molecule has 0 unspecified atom stereocenters. The summed E-state index contributed by atoms with van der Waals surface area (Å²) in [4.78, 5) is 2.38. The van der Waals surface area contributed by atoms with Crippen LogP contribution in [0.4, 0.5) is 8.78 Å². The molecule has 18 heavy (non-hydrogen) atoms. The van der Waals surface area contributed by atoms with Gasteiger partial charge in [-0.05, 0) is 38.9 Å². The van der Waals surface area contributed by atoms with Gasteiger partial charge in [0.1, 0.15) is 6.61 Å². The molecule has 1 heterocycles. The van der Waals surface area contributed by atoms with E-state index in [0.29, 0.717) is 12.6 Å². The van der Waals surface area contributed by atoms with Crippen molar-refractivity contribution in [2.75, 3.05) is 39.4 Å². The van der Waals surface area contributed by atoms with Crippen molar-refractivity contribution in [3.05, 3.63) is 0 Å². The zero-order valence-corrected chi connectivity index (χ0v) is 11.9. The van der Waals surface area contributed by atoms with Crippen LogP contribution in [0.3, 0.4) is 0 Å². The van der Waals surface area contributed by atoms with E-state index in [1.54, 1.807) is 0 Å². The van der Waals surface area contributed by atoms with Gasteiger partial charge < -0.3 is 10.1 Å². The van der Waals surface area contributed by atoms with Crippen molar-refractivity contribution in [3.8, 4) is 0 Å². The normalized spacial score (nSPS) is 17.2. The number of hydrogen-bond acceptors (Lipinski definition) is 3. The third kappa shape index (κ3) is 7.46. The fourth-order valence-corrected chi connectivity index (χ4v) is 2.29. The smallest absolute Gasteiger partial charge is 0.261 e. The van der Waals surface area contributed by atoms with E-state index in [1.807, 2.05) is 0 Å². The van der Waals surface area contributed by atoms with Gasteiger partial charge in [-0.2, -0.15) is 0 Å². The Kier molecular flexibility index (Phi) is 10.9. The Morgan fingerprint density at radius 2 is 1.94 bits per heavy atom. The molecule has 6 heteroatoms. The highest BCUT2D eigenvalue weighted by Crippen LogP contribution is 2.12. The molecule has 0 amide bonds. The predicted molar refractivity (Wildman–Crippen MR) is 71.8 cm³/mol. The maximum absolute atomic E-state index is 11.9. The minimum Gasteiger partial charge on any atom is -0.374 e. The molecule has 0 aromatic rings. The molecule has 0 saturated carbocycles. The maximum Gasteiger partial charge on any atom is 0.261 e. The van der Waals surface area contributed by atoms with E-state index >= 15 is 0 Å². The zero-order valence-electron chi connectivity index (χ0n) is 11.0. The van der Waals surface area contributed by atoms with E-state index in [2.05, 4.69) is 17.1 Å². The summed E-state index contributed by atoms with van der Waals surface area (Å²) in [5.41, 5.74) is 0. The fourth-order valence-electron chi connectivity index (χ4n) is 2.29. The lowest BCUT2D eigenvalue weighted by molar-refractivity contribution is 0.00429. The van der Waals surface area contributed by atoms with Crippen molar-refractivity contribution in [2.24, 2.45) is 0 Å². The minimum absolute atomic E-state index is 0. The van der Waals surface area contributed by atoms with Crippen LogP contribution in [0.5, 0.6) is 0 Å². The fraction of sp³-hybridized carbons (Fsp3) is 1.00. The summed E-state index contributed by atoms with van der Waals surface area (Å²) < 4.78 is 28.8. The van der Waals surface area contributed by atoms with Gasteiger partial charge in [-0.15, -0.1) is 12.4 Å². The van der Waals surface area contributed by atoms with Crippen LogP contribution in [0.15, 0.2) is 0 Å². The molecule has 0 atom stereocenters. The van der Waals surface area contributed by atoms with Gasteiger partial charge in [0.2, 0.25) is 0 Å². The summed E-state index contributed by atoms with van der Waals surface area (Å²) in [6, 6.07) is 0.589. The molecular formula is C12H25ClF2N2O. The summed E-state index contributed by atoms with van der Waals surface area (Å²) in [5.74, 6) is 0. The molecule has 1 aliphatic rings. The average Bonchev–Trinajstić information content (AvgIpc) is 2.34. The van der Waals surface area contributed by atoms with Crippen molar-refractivity contribution >= 4 is 12.4 Å². The third-order valence-electron chi connectivity index (χ3n) is 3.10. The van der Waals surface area contributed by atoms with E-state index in [-0.39, 0.29) is 12.4 Å². The molecule has 1 fully saturated rings. The molecule has 110 valence electrons. The highest BCUT2D eigenvalue weighted by Gasteiger charge is 2.19. The summed E-state index contributed by atoms with van der Waals surface area (Å²) in [5, 5.41) is 3.34. The number of piperidine rings is 1.